The molecule has 0 aliphatic heterocycles. The molecule has 0 aliphatic carbocycles. The molecule has 0 bridgehead atoms. The molecule has 0 radical (unpaired) electrons. The van der Waals surface area contributed by atoms with Gasteiger partial charge < -0.3 is 10.3 Å². The second kappa shape index (κ2) is 5.48. The van der Waals surface area contributed by atoms with Crippen LogP contribution in [0, 0.1) is 11.3 Å². The molecule has 0 fully saturated rings. The third kappa shape index (κ3) is 4.35. The lowest BCUT2D eigenvalue weighted by Crippen LogP contribution is -2.40. The Morgan fingerprint density at radius 2 is 2.06 bits per heavy atom. The molecule has 3 nitrogen and oxygen atoms in total. The lowest BCUT2D eigenvalue weighted by atomic mass is 9.82. The fourth-order valence-corrected chi connectivity index (χ4v) is 1.83. The highest BCUT2D eigenvalue weighted by Crippen LogP contribution is 2.24. The number of hydrogen-bond donors (Lipinski definition) is 2. The van der Waals surface area contributed by atoms with Crippen LogP contribution >= 0.6 is 0 Å². The van der Waals surface area contributed by atoms with Crippen molar-refractivity contribution in [2.75, 3.05) is 0 Å². The van der Waals surface area contributed by atoms with Crippen LogP contribution in [-0.4, -0.2) is 16.0 Å². The highest BCUT2D eigenvalue weighted by molar-refractivity contribution is 4.95. The number of rotatable bonds is 5. The van der Waals surface area contributed by atoms with Gasteiger partial charge in [0.1, 0.15) is 0 Å². The monoisotopic (exact) mass is 223 g/mol. The van der Waals surface area contributed by atoms with Crippen molar-refractivity contribution in [3.8, 4) is 0 Å². The van der Waals surface area contributed by atoms with Gasteiger partial charge in [-0.2, -0.15) is 0 Å². The molecule has 0 aromatic carbocycles. The van der Waals surface area contributed by atoms with Gasteiger partial charge in [0.25, 0.3) is 0 Å². The van der Waals surface area contributed by atoms with Crippen molar-refractivity contribution in [1.82, 2.24) is 15.3 Å². The molecular weight excluding hydrogens is 198 g/mol. The van der Waals surface area contributed by atoms with E-state index in [-0.39, 0.29) is 0 Å². The summed E-state index contributed by atoms with van der Waals surface area (Å²) in [5.41, 5.74) is 1.45. The average molecular weight is 223 g/mol. The van der Waals surface area contributed by atoms with Gasteiger partial charge in [0.05, 0.1) is 6.33 Å². The molecule has 1 rings (SSSR count). The molecule has 92 valence electrons. The Morgan fingerprint density at radius 1 is 1.38 bits per heavy atom. The van der Waals surface area contributed by atoms with Gasteiger partial charge in [-0.05, 0) is 17.8 Å². The van der Waals surface area contributed by atoms with Crippen molar-refractivity contribution >= 4 is 0 Å². The standard InChI is InChI=1S/C13H25N3/c1-10(2)6-12(13(3,4)5)15-8-11-7-14-9-16-11/h7,9-10,12,15H,6,8H2,1-5H3,(H,14,16). The minimum absolute atomic E-state index is 0.296. The Labute approximate surface area is 99.1 Å². The van der Waals surface area contributed by atoms with Crippen LogP contribution in [0.5, 0.6) is 0 Å². The topological polar surface area (TPSA) is 40.7 Å². The van der Waals surface area contributed by atoms with Crippen LogP contribution in [0.3, 0.4) is 0 Å². The first-order valence-corrected chi connectivity index (χ1v) is 6.10. The predicted molar refractivity (Wildman–Crippen MR) is 68.1 cm³/mol. The van der Waals surface area contributed by atoms with E-state index in [2.05, 4.69) is 49.9 Å². The molecule has 1 heterocycles. The first kappa shape index (κ1) is 13.2. The van der Waals surface area contributed by atoms with E-state index < -0.39 is 0 Å². The molecule has 1 atom stereocenters. The number of aromatic amines is 1. The molecular formula is C13H25N3. The van der Waals surface area contributed by atoms with Gasteiger partial charge in [0.2, 0.25) is 0 Å². The SMILES string of the molecule is CC(C)CC(NCc1cnc[nH]1)C(C)(C)C. The van der Waals surface area contributed by atoms with Crippen LogP contribution in [-0.2, 0) is 6.54 Å². The number of imidazole rings is 1. The summed E-state index contributed by atoms with van der Waals surface area (Å²) in [4.78, 5) is 7.15. The molecule has 3 heteroatoms. The van der Waals surface area contributed by atoms with Gasteiger partial charge in [-0.1, -0.05) is 34.6 Å². The number of nitrogens with one attached hydrogen (secondary N) is 2. The fraction of sp³-hybridized carbons (Fsp3) is 0.769. The van der Waals surface area contributed by atoms with E-state index in [4.69, 9.17) is 0 Å². The lowest BCUT2D eigenvalue weighted by Gasteiger charge is -2.33. The minimum Gasteiger partial charge on any atom is -0.347 e. The van der Waals surface area contributed by atoms with E-state index in [1.165, 1.54) is 6.42 Å². The maximum absolute atomic E-state index is 4.03. The van der Waals surface area contributed by atoms with E-state index in [0.717, 1.165) is 18.2 Å². The molecule has 0 saturated carbocycles. The second-order valence-electron chi connectivity index (χ2n) is 6.01. The summed E-state index contributed by atoms with van der Waals surface area (Å²) in [7, 11) is 0. The molecule has 1 unspecified atom stereocenters. The highest BCUT2D eigenvalue weighted by atomic mass is 15.0. The fourth-order valence-electron chi connectivity index (χ4n) is 1.83. The Kier molecular flexibility index (Phi) is 4.54. The van der Waals surface area contributed by atoms with E-state index in [9.17, 15) is 0 Å². The summed E-state index contributed by atoms with van der Waals surface area (Å²) < 4.78 is 0. The summed E-state index contributed by atoms with van der Waals surface area (Å²) in [6, 6.07) is 0.538. The van der Waals surface area contributed by atoms with Crippen LogP contribution in [0.4, 0.5) is 0 Å². The molecule has 1 aromatic heterocycles. The quantitative estimate of drug-likeness (QED) is 0.805. The summed E-state index contributed by atoms with van der Waals surface area (Å²) in [6.07, 6.45) is 4.81. The van der Waals surface area contributed by atoms with Crippen molar-refractivity contribution in [2.24, 2.45) is 11.3 Å². The third-order valence-electron chi connectivity index (χ3n) is 2.85. The minimum atomic E-state index is 0.296. The predicted octanol–water partition coefficient (Wildman–Crippen LogP) is 2.96. The zero-order chi connectivity index (χ0) is 12.2. The van der Waals surface area contributed by atoms with Gasteiger partial charge in [-0.3, -0.25) is 0 Å². The number of nitrogens with zero attached hydrogens (tertiary/aromatic N) is 1. The zero-order valence-electron chi connectivity index (χ0n) is 11.2. The molecule has 0 saturated heterocycles. The van der Waals surface area contributed by atoms with E-state index in [0.29, 0.717) is 11.5 Å². The smallest absolute Gasteiger partial charge is 0.0922 e. The molecule has 16 heavy (non-hydrogen) atoms. The maximum atomic E-state index is 4.03. The van der Waals surface area contributed by atoms with Crippen molar-refractivity contribution in [3.63, 3.8) is 0 Å². The molecule has 0 aliphatic rings. The molecule has 0 amide bonds. The average Bonchev–Trinajstić information content (AvgIpc) is 2.62. The summed E-state index contributed by atoms with van der Waals surface area (Å²) in [5.74, 6) is 0.721. The van der Waals surface area contributed by atoms with Crippen molar-refractivity contribution in [1.29, 1.82) is 0 Å². The Bertz CT molecular complexity index is 283. The van der Waals surface area contributed by atoms with E-state index in [1.807, 2.05) is 6.20 Å². The van der Waals surface area contributed by atoms with Crippen molar-refractivity contribution in [3.05, 3.63) is 18.2 Å². The molecule has 1 aromatic rings. The molecule has 0 spiro atoms. The van der Waals surface area contributed by atoms with Gasteiger partial charge in [0, 0.05) is 24.5 Å². The van der Waals surface area contributed by atoms with Gasteiger partial charge in [-0.15, -0.1) is 0 Å². The molecule has 2 N–H and O–H groups in total. The van der Waals surface area contributed by atoms with Gasteiger partial charge in [0.15, 0.2) is 0 Å². The van der Waals surface area contributed by atoms with Crippen molar-refractivity contribution in [2.45, 2.75) is 53.6 Å². The highest BCUT2D eigenvalue weighted by Gasteiger charge is 2.24. The number of aromatic nitrogens is 2. The van der Waals surface area contributed by atoms with Crippen LogP contribution in [0.2, 0.25) is 0 Å². The summed E-state index contributed by atoms with van der Waals surface area (Å²) >= 11 is 0. The summed E-state index contributed by atoms with van der Waals surface area (Å²) in [5, 5.41) is 3.62. The number of hydrogen-bond acceptors (Lipinski definition) is 2. The van der Waals surface area contributed by atoms with E-state index >= 15 is 0 Å². The van der Waals surface area contributed by atoms with Crippen molar-refractivity contribution < 1.29 is 0 Å². The lowest BCUT2D eigenvalue weighted by molar-refractivity contribution is 0.232. The normalized spacial score (nSPS) is 14.4. The third-order valence-corrected chi connectivity index (χ3v) is 2.85. The van der Waals surface area contributed by atoms with Crippen LogP contribution < -0.4 is 5.32 Å². The zero-order valence-corrected chi connectivity index (χ0v) is 11.2. The van der Waals surface area contributed by atoms with Gasteiger partial charge in [-0.25, -0.2) is 4.98 Å². The van der Waals surface area contributed by atoms with Crippen LogP contribution in [0.1, 0.15) is 46.7 Å². The van der Waals surface area contributed by atoms with Gasteiger partial charge >= 0.3 is 0 Å². The second-order valence-corrected chi connectivity index (χ2v) is 6.01. The summed E-state index contributed by atoms with van der Waals surface area (Å²) in [6.45, 7) is 12.3. The first-order valence-electron chi connectivity index (χ1n) is 6.10. The maximum Gasteiger partial charge on any atom is 0.0922 e. The van der Waals surface area contributed by atoms with E-state index in [1.54, 1.807) is 6.33 Å². The van der Waals surface area contributed by atoms with Crippen LogP contribution in [0.25, 0.3) is 0 Å². The Morgan fingerprint density at radius 3 is 2.50 bits per heavy atom. The first-order chi connectivity index (χ1) is 7.39. The Balaban J connectivity index is 2.50. The largest absolute Gasteiger partial charge is 0.347 e. The van der Waals surface area contributed by atoms with Crippen LogP contribution in [0.15, 0.2) is 12.5 Å². The number of H-pyrrole nitrogens is 1. The Hall–Kier alpha value is -0.830.